The van der Waals surface area contributed by atoms with Gasteiger partial charge in [0.15, 0.2) is 0 Å². The van der Waals surface area contributed by atoms with Crippen LogP contribution in [0.15, 0.2) is 0 Å². The first kappa shape index (κ1) is 12.9. The van der Waals surface area contributed by atoms with Gasteiger partial charge < -0.3 is 5.11 Å². The summed E-state index contributed by atoms with van der Waals surface area (Å²) in [5, 5.41) is 8.69. The van der Waals surface area contributed by atoms with Gasteiger partial charge in [0.25, 0.3) is 0 Å². The molecule has 1 N–H and O–H groups in total. The van der Waals surface area contributed by atoms with Crippen LogP contribution in [0.1, 0.15) is 12.8 Å². The Morgan fingerprint density at radius 2 is 2.00 bits per heavy atom. The van der Waals surface area contributed by atoms with Crippen molar-refractivity contribution in [1.82, 2.24) is 4.90 Å². The predicted molar refractivity (Wildman–Crippen MR) is 60.8 cm³/mol. The fourth-order valence-electron chi connectivity index (χ4n) is 1.73. The molecule has 0 radical (unpaired) electrons. The highest BCUT2D eigenvalue weighted by molar-refractivity contribution is 6.76. The second kappa shape index (κ2) is 4.37. The van der Waals surface area contributed by atoms with Crippen LogP contribution in [0.5, 0.6) is 0 Å². The molecule has 16 heavy (non-hydrogen) atoms. The minimum atomic E-state index is -1.45. The molecule has 1 fully saturated rings. The summed E-state index contributed by atoms with van der Waals surface area (Å²) in [6, 6.07) is 0.935. The van der Waals surface area contributed by atoms with Crippen LogP contribution in [0.2, 0.25) is 25.7 Å². The molecule has 5 nitrogen and oxygen atoms in total. The topological polar surface area (TPSA) is 74.7 Å². The SMILES string of the molecule is C[Si](C)(C)CCC1CC(=O)N(C(=O)O)C1=O. The number of nitrogens with zero attached hydrogens (tertiary/aromatic N) is 1. The van der Waals surface area contributed by atoms with Crippen LogP contribution in [0.25, 0.3) is 0 Å². The van der Waals surface area contributed by atoms with E-state index in [0.717, 1.165) is 6.04 Å². The fraction of sp³-hybridized carbons (Fsp3) is 0.700. The lowest BCUT2D eigenvalue weighted by atomic mass is 10.1. The molecule has 1 atom stereocenters. The Labute approximate surface area is 95.4 Å². The maximum Gasteiger partial charge on any atom is 0.421 e. The van der Waals surface area contributed by atoms with Gasteiger partial charge >= 0.3 is 6.09 Å². The van der Waals surface area contributed by atoms with Crippen molar-refractivity contribution in [3.63, 3.8) is 0 Å². The second-order valence-electron chi connectivity index (χ2n) is 5.35. The van der Waals surface area contributed by atoms with Gasteiger partial charge in [-0.3, -0.25) is 9.59 Å². The van der Waals surface area contributed by atoms with Gasteiger partial charge in [-0.15, -0.1) is 0 Å². The molecule has 1 aliphatic heterocycles. The van der Waals surface area contributed by atoms with E-state index in [2.05, 4.69) is 19.6 Å². The van der Waals surface area contributed by atoms with Gasteiger partial charge in [0.1, 0.15) is 0 Å². The van der Waals surface area contributed by atoms with Crippen LogP contribution in [-0.4, -0.2) is 36.0 Å². The summed E-state index contributed by atoms with van der Waals surface area (Å²) >= 11 is 0. The molecule has 6 heteroatoms. The zero-order chi connectivity index (χ0) is 12.5. The van der Waals surface area contributed by atoms with Crippen LogP contribution in [-0.2, 0) is 9.59 Å². The quantitative estimate of drug-likeness (QED) is 0.605. The maximum absolute atomic E-state index is 11.6. The second-order valence-corrected chi connectivity index (χ2v) is 11.0. The Kier molecular flexibility index (Phi) is 3.52. The van der Waals surface area contributed by atoms with E-state index in [4.69, 9.17) is 5.11 Å². The number of carbonyl (C=O) groups excluding carboxylic acids is 2. The van der Waals surface area contributed by atoms with Crippen LogP contribution in [0.4, 0.5) is 4.79 Å². The molecular formula is C10H17NO4Si. The first-order valence-electron chi connectivity index (χ1n) is 5.32. The maximum atomic E-state index is 11.6. The largest absolute Gasteiger partial charge is 0.464 e. The van der Waals surface area contributed by atoms with E-state index in [0.29, 0.717) is 11.3 Å². The number of imide groups is 3. The minimum absolute atomic E-state index is 0.0512. The van der Waals surface area contributed by atoms with Crippen molar-refractivity contribution < 1.29 is 19.5 Å². The summed E-state index contributed by atoms with van der Waals surface area (Å²) in [5.41, 5.74) is 0. The number of carbonyl (C=O) groups is 3. The summed E-state index contributed by atoms with van der Waals surface area (Å²) in [5.74, 6) is -1.55. The molecule has 1 unspecified atom stereocenters. The van der Waals surface area contributed by atoms with Gasteiger partial charge in [-0.25, -0.2) is 4.79 Å². The summed E-state index contributed by atoms with van der Waals surface area (Å²) < 4.78 is 0. The van der Waals surface area contributed by atoms with Crippen molar-refractivity contribution in [2.24, 2.45) is 5.92 Å². The summed E-state index contributed by atoms with van der Waals surface area (Å²) in [6.45, 7) is 6.55. The van der Waals surface area contributed by atoms with Crippen molar-refractivity contribution in [1.29, 1.82) is 0 Å². The van der Waals surface area contributed by atoms with Gasteiger partial charge in [-0.1, -0.05) is 25.7 Å². The molecule has 0 bridgehead atoms. The highest BCUT2D eigenvalue weighted by atomic mass is 28.3. The van der Waals surface area contributed by atoms with E-state index in [1.165, 1.54) is 0 Å². The molecular weight excluding hydrogens is 226 g/mol. The third-order valence-corrected chi connectivity index (χ3v) is 4.46. The standard InChI is InChI=1S/C10H17NO4Si/c1-16(2,3)5-4-7-6-8(12)11(9(7)13)10(14)15/h7H,4-6H2,1-3H3,(H,14,15). The Morgan fingerprint density at radius 1 is 1.44 bits per heavy atom. The highest BCUT2D eigenvalue weighted by Gasteiger charge is 2.42. The number of hydrogen-bond donors (Lipinski definition) is 1. The van der Waals surface area contributed by atoms with Crippen LogP contribution < -0.4 is 0 Å². The first-order chi connectivity index (χ1) is 7.22. The Hall–Kier alpha value is -1.17. The normalized spacial score (nSPS) is 21.7. The first-order valence-corrected chi connectivity index (χ1v) is 9.03. The number of carboxylic acid groups (broad SMARTS) is 1. The van der Waals surface area contributed by atoms with E-state index in [-0.39, 0.29) is 6.42 Å². The van der Waals surface area contributed by atoms with Crippen LogP contribution >= 0.6 is 0 Å². The van der Waals surface area contributed by atoms with E-state index >= 15 is 0 Å². The number of likely N-dealkylation sites (tertiary alicyclic amines) is 1. The molecule has 90 valence electrons. The summed E-state index contributed by atoms with van der Waals surface area (Å²) in [6.07, 6.45) is -0.773. The molecule has 1 saturated heterocycles. The molecule has 0 aliphatic carbocycles. The van der Waals surface area contributed by atoms with Crippen molar-refractivity contribution in [2.45, 2.75) is 38.5 Å². The van der Waals surface area contributed by atoms with Gasteiger partial charge in [0.2, 0.25) is 11.8 Å². The lowest BCUT2D eigenvalue weighted by Crippen LogP contribution is -2.35. The molecule has 0 saturated carbocycles. The van der Waals surface area contributed by atoms with E-state index in [1.807, 2.05) is 0 Å². The highest BCUT2D eigenvalue weighted by Crippen LogP contribution is 2.26. The molecule has 0 aromatic heterocycles. The lowest BCUT2D eigenvalue weighted by Gasteiger charge is -2.17. The molecule has 1 aliphatic rings. The van der Waals surface area contributed by atoms with E-state index in [1.54, 1.807) is 0 Å². The van der Waals surface area contributed by atoms with Gasteiger partial charge in [0, 0.05) is 20.4 Å². The summed E-state index contributed by atoms with van der Waals surface area (Å²) in [4.78, 5) is 33.9. The third kappa shape index (κ3) is 2.91. The molecule has 1 rings (SSSR count). The number of rotatable bonds is 3. The Morgan fingerprint density at radius 3 is 2.38 bits per heavy atom. The average molecular weight is 243 g/mol. The smallest absolute Gasteiger partial charge is 0.421 e. The van der Waals surface area contributed by atoms with Crippen molar-refractivity contribution in [2.75, 3.05) is 0 Å². The van der Waals surface area contributed by atoms with Gasteiger partial charge in [-0.05, 0) is 6.42 Å². The number of hydrogen-bond acceptors (Lipinski definition) is 3. The minimum Gasteiger partial charge on any atom is -0.464 e. The van der Waals surface area contributed by atoms with Crippen LogP contribution in [0, 0.1) is 5.92 Å². The molecule has 3 amide bonds. The van der Waals surface area contributed by atoms with Crippen molar-refractivity contribution in [3.05, 3.63) is 0 Å². The van der Waals surface area contributed by atoms with E-state index in [9.17, 15) is 14.4 Å². The molecule has 0 aromatic rings. The average Bonchev–Trinajstić information content (AvgIpc) is 2.36. The van der Waals surface area contributed by atoms with Crippen molar-refractivity contribution in [3.8, 4) is 0 Å². The molecule has 0 aromatic carbocycles. The van der Waals surface area contributed by atoms with Crippen LogP contribution in [0.3, 0.4) is 0 Å². The zero-order valence-electron chi connectivity index (χ0n) is 9.82. The van der Waals surface area contributed by atoms with Gasteiger partial charge in [-0.2, -0.15) is 4.90 Å². The predicted octanol–water partition coefficient (Wildman–Crippen LogP) is 1.77. The van der Waals surface area contributed by atoms with E-state index < -0.39 is 31.9 Å². The Balaban J connectivity index is 2.63. The molecule has 0 spiro atoms. The number of amides is 3. The monoisotopic (exact) mass is 243 g/mol. The third-order valence-electron chi connectivity index (χ3n) is 2.67. The fourth-order valence-corrected chi connectivity index (χ4v) is 2.94. The zero-order valence-corrected chi connectivity index (χ0v) is 10.8. The summed E-state index contributed by atoms with van der Waals surface area (Å²) in [7, 11) is -1.26. The Bertz CT molecular complexity index is 334. The lowest BCUT2D eigenvalue weighted by molar-refractivity contribution is -0.136. The van der Waals surface area contributed by atoms with Crippen molar-refractivity contribution >= 4 is 26.0 Å². The molecule has 1 heterocycles. The van der Waals surface area contributed by atoms with Gasteiger partial charge in [0.05, 0.1) is 0 Å².